The third kappa shape index (κ3) is 4.76. The first-order valence-corrected chi connectivity index (χ1v) is 9.05. The van der Waals surface area contributed by atoms with Gasteiger partial charge in [-0.15, -0.1) is 5.10 Å². The number of unbranched alkanes of at least 4 members (excludes halogenated alkanes) is 1. The van der Waals surface area contributed by atoms with Gasteiger partial charge in [0.2, 0.25) is 0 Å². The summed E-state index contributed by atoms with van der Waals surface area (Å²) in [5.41, 5.74) is 1.19. The Morgan fingerprint density at radius 3 is 2.92 bits per heavy atom. The molecule has 0 unspecified atom stereocenters. The second kappa shape index (κ2) is 9.13. The number of ether oxygens (including phenoxy) is 1. The molecule has 2 rings (SSSR count). The van der Waals surface area contributed by atoms with Gasteiger partial charge in [-0.2, -0.15) is 5.26 Å². The van der Waals surface area contributed by atoms with Gasteiger partial charge < -0.3 is 4.74 Å². The minimum atomic E-state index is -0.468. The molecule has 0 spiro atoms. The molecule has 8 nitrogen and oxygen atoms in total. The fourth-order valence-corrected chi connectivity index (χ4v) is 3.06. The van der Waals surface area contributed by atoms with E-state index in [1.807, 2.05) is 0 Å². The van der Waals surface area contributed by atoms with Crippen LogP contribution in [0.3, 0.4) is 0 Å². The SMILES string of the molecule is CCCCn1nnnc1CSc1nc(C)c(C(=O)OCC)cc1C#N. The van der Waals surface area contributed by atoms with Crippen molar-refractivity contribution in [2.45, 2.75) is 50.9 Å². The molecule has 0 N–H and O–H groups in total. The summed E-state index contributed by atoms with van der Waals surface area (Å²) in [4.78, 5) is 16.3. The lowest BCUT2D eigenvalue weighted by Gasteiger charge is -2.09. The molecule has 0 bridgehead atoms. The quantitative estimate of drug-likeness (QED) is 0.522. The second-order valence-electron chi connectivity index (χ2n) is 5.27. The number of aromatic nitrogens is 5. The lowest BCUT2D eigenvalue weighted by Crippen LogP contribution is -2.09. The Kier molecular flexibility index (Phi) is 6.89. The maximum absolute atomic E-state index is 11.9. The van der Waals surface area contributed by atoms with Crippen LogP contribution in [-0.2, 0) is 17.0 Å². The van der Waals surface area contributed by atoms with E-state index in [9.17, 15) is 10.1 Å². The highest BCUT2D eigenvalue weighted by Gasteiger charge is 2.17. The van der Waals surface area contributed by atoms with Crippen LogP contribution in [0.2, 0.25) is 0 Å². The summed E-state index contributed by atoms with van der Waals surface area (Å²) in [5.74, 6) is 0.761. The van der Waals surface area contributed by atoms with Crippen molar-refractivity contribution in [3.05, 3.63) is 28.7 Å². The van der Waals surface area contributed by atoms with Gasteiger partial charge in [0.05, 0.1) is 29.2 Å². The van der Waals surface area contributed by atoms with Crippen molar-refractivity contribution in [1.82, 2.24) is 25.2 Å². The number of hydrogen-bond acceptors (Lipinski definition) is 8. The Morgan fingerprint density at radius 1 is 1.44 bits per heavy atom. The Balaban J connectivity index is 2.17. The van der Waals surface area contributed by atoms with E-state index in [1.54, 1.807) is 18.5 Å². The Hall–Kier alpha value is -2.47. The molecule has 9 heteroatoms. The van der Waals surface area contributed by atoms with Crippen LogP contribution >= 0.6 is 11.8 Å². The zero-order valence-electron chi connectivity index (χ0n) is 14.5. The van der Waals surface area contributed by atoms with E-state index in [4.69, 9.17) is 4.74 Å². The van der Waals surface area contributed by atoms with Crippen molar-refractivity contribution in [3.63, 3.8) is 0 Å². The van der Waals surface area contributed by atoms with Crippen molar-refractivity contribution in [3.8, 4) is 6.07 Å². The van der Waals surface area contributed by atoms with Gasteiger partial charge >= 0.3 is 5.97 Å². The zero-order valence-corrected chi connectivity index (χ0v) is 15.3. The summed E-state index contributed by atoms with van der Waals surface area (Å²) in [7, 11) is 0. The molecule has 2 aromatic rings. The topological polar surface area (TPSA) is 107 Å². The average molecular weight is 360 g/mol. The number of pyridine rings is 1. The molecular formula is C16H20N6O2S. The van der Waals surface area contributed by atoms with Crippen LogP contribution in [0.1, 0.15) is 54.1 Å². The molecule has 0 saturated carbocycles. The minimum absolute atomic E-state index is 0.275. The second-order valence-corrected chi connectivity index (χ2v) is 6.23. The van der Waals surface area contributed by atoms with Crippen molar-refractivity contribution in [1.29, 1.82) is 5.26 Å². The van der Waals surface area contributed by atoms with E-state index >= 15 is 0 Å². The van der Waals surface area contributed by atoms with Crippen LogP contribution in [0.25, 0.3) is 0 Å². The molecule has 0 radical (unpaired) electrons. The van der Waals surface area contributed by atoms with E-state index < -0.39 is 5.97 Å². The van der Waals surface area contributed by atoms with Crippen molar-refractivity contribution >= 4 is 17.7 Å². The molecule has 0 aromatic carbocycles. The fraction of sp³-hybridized carbons (Fsp3) is 0.500. The lowest BCUT2D eigenvalue weighted by atomic mass is 10.1. The number of nitrogens with zero attached hydrogens (tertiary/aromatic N) is 6. The summed E-state index contributed by atoms with van der Waals surface area (Å²) in [6.45, 7) is 6.60. The van der Waals surface area contributed by atoms with E-state index in [1.165, 1.54) is 17.8 Å². The van der Waals surface area contributed by atoms with Crippen molar-refractivity contribution in [2.24, 2.45) is 0 Å². The number of nitriles is 1. The molecule has 0 aliphatic carbocycles. The highest BCUT2D eigenvalue weighted by Crippen LogP contribution is 2.25. The predicted octanol–water partition coefficient (Wildman–Crippen LogP) is 2.52. The fourth-order valence-electron chi connectivity index (χ4n) is 2.13. The Labute approximate surface area is 150 Å². The molecule has 0 saturated heterocycles. The number of carbonyl (C=O) groups is 1. The van der Waals surface area contributed by atoms with Gasteiger partial charge in [-0.05, 0) is 36.8 Å². The summed E-state index contributed by atoms with van der Waals surface area (Å²) in [6, 6.07) is 3.62. The molecule has 2 heterocycles. The van der Waals surface area contributed by atoms with Gasteiger partial charge in [0.25, 0.3) is 0 Å². The first-order chi connectivity index (χ1) is 12.1. The van der Waals surface area contributed by atoms with E-state index in [0.29, 0.717) is 27.6 Å². The van der Waals surface area contributed by atoms with Crippen LogP contribution < -0.4 is 0 Å². The summed E-state index contributed by atoms with van der Waals surface area (Å²) in [6.07, 6.45) is 2.05. The molecule has 0 aliphatic rings. The lowest BCUT2D eigenvalue weighted by molar-refractivity contribution is 0.0524. The largest absolute Gasteiger partial charge is 0.462 e. The highest BCUT2D eigenvalue weighted by molar-refractivity contribution is 7.98. The number of rotatable bonds is 8. The maximum Gasteiger partial charge on any atom is 0.340 e. The van der Waals surface area contributed by atoms with Crippen LogP contribution in [0.4, 0.5) is 0 Å². The number of tetrazole rings is 1. The standard InChI is InChI=1S/C16H20N6O2S/c1-4-6-7-22-14(19-20-21-22)10-25-15-12(9-17)8-13(11(3)18-15)16(23)24-5-2/h8H,4-7,10H2,1-3H3. The van der Waals surface area contributed by atoms with Gasteiger partial charge in [0.15, 0.2) is 5.82 Å². The third-order valence-corrected chi connectivity index (χ3v) is 4.45. The molecule has 0 amide bonds. The first-order valence-electron chi connectivity index (χ1n) is 8.07. The number of aryl methyl sites for hydroxylation is 2. The number of carbonyl (C=O) groups excluding carboxylic acids is 1. The van der Waals surface area contributed by atoms with Gasteiger partial charge in [0.1, 0.15) is 11.1 Å². The van der Waals surface area contributed by atoms with E-state index in [0.717, 1.165) is 25.2 Å². The van der Waals surface area contributed by atoms with Crippen molar-refractivity contribution < 1.29 is 9.53 Å². The normalized spacial score (nSPS) is 10.5. The van der Waals surface area contributed by atoms with Gasteiger partial charge in [0, 0.05) is 6.54 Å². The summed E-state index contributed by atoms with van der Waals surface area (Å²) in [5, 5.41) is 21.6. The highest BCUT2D eigenvalue weighted by atomic mass is 32.2. The molecule has 25 heavy (non-hydrogen) atoms. The molecule has 0 fully saturated rings. The van der Waals surface area contributed by atoms with Gasteiger partial charge in [-0.1, -0.05) is 25.1 Å². The van der Waals surface area contributed by atoms with Gasteiger partial charge in [-0.3, -0.25) is 0 Å². The van der Waals surface area contributed by atoms with Crippen LogP contribution in [-0.4, -0.2) is 37.8 Å². The molecular weight excluding hydrogens is 340 g/mol. The molecule has 132 valence electrons. The zero-order chi connectivity index (χ0) is 18.2. The van der Waals surface area contributed by atoms with Crippen LogP contribution in [0, 0.1) is 18.3 Å². The maximum atomic E-state index is 11.9. The third-order valence-electron chi connectivity index (χ3n) is 3.46. The Morgan fingerprint density at radius 2 is 2.24 bits per heavy atom. The van der Waals surface area contributed by atoms with E-state index in [2.05, 4.69) is 33.5 Å². The average Bonchev–Trinajstić information content (AvgIpc) is 3.05. The molecule has 0 aliphatic heterocycles. The Bertz CT molecular complexity index is 783. The number of thioether (sulfide) groups is 1. The monoisotopic (exact) mass is 360 g/mol. The number of hydrogen-bond donors (Lipinski definition) is 0. The van der Waals surface area contributed by atoms with Gasteiger partial charge in [-0.25, -0.2) is 14.5 Å². The summed E-state index contributed by atoms with van der Waals surface area (Å²) >= 11 is 1.38. The molecule has 2 aromatic heterocycles. The van der Waals surface area contributed by atoms with Crippen LogP contribution in [0.5, 0.6) is 0 Å². The predicted molar refractivity (Wildman–Crippen MR) is 91.9 cm³/mol. The molecule has 0 atom stereocenters. The van der Waals surface area contributed by atoms with Crippen molar-refractivity contribution in [2.75, 3.05) is 6.61 Å². The summed E-state index contributed by atoms with van der Waals surface area (Å²) < 4.78 is 6.76. The van der Waals surface area contributed by atoms with Crippen LogP contribution in [0.15, 0.2) is 11.1 Å². The minimum Gasteiger partial charge on any atom is -0.462 e. The number of esters is 1. The first kappa shape index (κ1) is 18.9. The smallest absolute Gasteiger partial charge is 0.340 e. The van der Waals surface area contributed by atoms with E-state index in [-0.39, 0.29) is 6.61 Å².